The molecule has 1 aromatic rings. The highest BCUT2D eigenvalue weighted by molar-refractivity contribution is 5.54. The molecule has 1 heterocycles. The molecule has 98 valence electrons. The van der Waals surface area contributed by atoms with E-state index in [1.807, 2.05) is 18.2 Å². The Morgan fingerprint density at radius 2 is 2.22 bits per heavy atom. The van der Waals surface area contributed by atoms with E-state index in [1.165, 1.54) is 0 Å². The number of nitrogens with one attached hydrogen (secondary N) is 1. The lowest BCUT2D eigenvalue weighted by Crippen LogP contribution is -2.23. The fourth-order valence-electron chi connectivity index (χ4n) is 1.79. The fraction of sp³-hybridized carbons (Fsp3) is 0.429. The minimum absolute atomic E-state index is 0.268. The molecule has 0 radical (unpaired) electrons. The van der Waals surface area contributed by atoms with Crippen molar-refractivity contribution in [3.05, 3.63) is 30.4 Å². The highest BCUT2D eigenvalue weighted by Crippen LogP contribution is 2.40. The van der Waals surface area contributed by atoms with Gasteiger partial charge in [-0.05, 0) is 24.6 Å². The van der Waals surface area contributed by atoms with Crippen molar-refractivity contribution in [1.29, 1.82) is 0 Å². The van der Waals surface area contributed by atoms with E-state index in [0.717, 1.165) is 23.6 Å². The zero-order valence-electron chi connectivity index (χ0n) is 10.9. The van der Waals surface area contributed by atoms with Crippen LogP contribution in [0.25, 0.3) is 0 Å². The molecule has 1 aliphatic heterocycles. The minimum atomic E-state index is 0.268. The highest BCUT2D eigenvalue weighted by atomic mass is 16.6. The Labute approximate surface area is 108 Å². The summed E-state index contributed by atoms with van der Waals surface area (Å²) in [5.41, 5.74) is 1.10. The second kappa shape index (κ2) is 5.78. The van der Waals surface area contributed by atoms with E-state index in [9.17, 15) is 0 Å². The van der Waals surface area contributed by atoms with Crippen molar-refractivity contribution in [1.82, 2.24) is 5.32 Å². The third-order valence-electron chi connectivity index (χ3n) is 2.87. The maximum Gasteiger partial charge on any atom is 0.203 e. The molecule has 0 bridgehead atoms. The van der Waals surface area contributed by atoms with E-state index in [1.54, 1.807) is 7.11 Å². The SMILES string of the molecule is C=CC(C)NCc1cc(OC)c2c(c1)OCCO2. The molecule has 18 heavy (non-hydrogen) atoms. The van der Waals surface area contributed by atoms with E-state index < -0.39 is 0 Å². The molecule has 0 saturated carbocycles. The number of hydrogen-bond donors (Lipinski definition) is 1. The summed E-state index contributed by atoms with van der Waals surface area (Å²) < 4.78 is 16.5. The second-order valence-electron chi connectivity index (χ2n) is 4.23. The summed E-state index contributed by atoms with van der Waals surface area (Å²) in [4.78, 5) is 0. The van der Waals surface area contributed by atoms with Crippen molar-refractivity contribution >= 4 is 0 Å². The monoisotopic (exact) mass is 249 g/mol. The van der Waals surface area contributed by atoms with Gasteiger partial charge in [0.15, 0.2) is 11.5 Å². The molecule has 0 saturated heterocycles. The fourth-order valence-corrected chi connectivity index (χ4v) is 1.79. The summed E-state index contributed by atoms with van der Waals surface area (Å²) in [5.74, 6) is 2.17. The van der Waals surface area contributed by atoms with Crippen LogP contribution in [-0.2, 0) is 6.54 Å². The first-order valence-electron chi connectivity index (χ1n) is 6.07. The Kier molecular flexibility index (Phi) is 4.10. The van der Waals surface area contributed by atoms with E-state index in [-0.39, 0.29) is 6.04 Å². The molecule has 2 rings (SSSR count). The third kappa shape index (κ3) is 2.76. The number of fused-ring (bicyclic) bond motifs is 1. The van der Waals surface area contributed by atoms with Gasteiger partial charge in [-0.1, -0.05) is 6.08 Å². The van der Waals surface area contributed by atoms with E-state index in [2.05, 4.69) is 18.8 Å². The minimum Gasteiger partial charge on any atom is -0.493 e. The van der Waals surface area contributed by atoms with E-state index in [0.29, 0.717) is 19.0 Å². The van der Waals surface area contributed by atoms with Crippen LogP contribution in [0.1, 0.15) is 12.5 Å². The first kappa shape index (κ1) is 12.8. The van der Waals surface area contributed by atoms with Crippen LogP contribution in [0.15, 0.2) is 24.8 Å². The summed E-state index contributed by atoms with van der Waals surface area (Å²) in [6.45, 7) is 7.68. The predicted octanol–water partition coefficient (Wildman–Crippen LogP) is 2.13. The maximum atomic E-state index is 5.59. The van der Waals surface area contributed by atoms with Gasteiger partial charge in [0, 0.05) is 12.6 Å². The lowest BCUT2D eigenvalue weighted by molar-refractivity contribution is 0.165. The molecule has 0 aliphatic carbocycles. The van der Waals surface area contributed by atoms with Gasteiger partial charge in [-0.2, -0.15) is 0 Å². The Hall–Kier alpha value is -1.68. The zero-order chi connectivity index (χ0) is 13.0. The third-order valence-corrected chi connectivity index (χ3v) is 2.87. The zero-order valence-corrected chi connectivity index (χ0v) is 10.9. The lowest BCUT2D eigenvalue weighted by atomic mass is 10.1. The molecule has 1 N–H and O–H groups in total. The Morgan fingerprint density at radius 1 is 1.44 bits per heavy atom. The van der Waals surface area contributed by atoms with Gasteiger partial charge >= 0.3 is 0 Å². The summed E-state index contributed by atoms with van der Waals surface area (Å²) in [6.07, 6.45) is 1.87. The lowest BCUT2D eigenvalue weighted by Gasteiger charge is -2.21. The van der Waals surface area contributed by atoms with Gasteiger partial charge in [0.25, 0.3) is 0 Å². The Bertz CT molecular complexity index is 414. The van der Waals surface area contributed by atoms with Crippen LogP contribution in [0.5, 0.6) is 17.2 Å². The van der Waals surface area contributed by atoms with Gasteiger partial charge in [0.05, 0.1) is 7.11 Å². The Balaban J connectivity index is 2.18. The van der Waals surface area contributed by atoms with Gasteiger partial charge in [0.2, 0.25) is 5.75 Å². The van der Waals surface area contributed by atoms with Crippen molar-refractivity contribution in [3.63, 3.8) is 0 Å². The smallest absolute Gasteiger partial charge is 0.203 e. The van der Waals surface area contributed by atoms with Crippen LogP contribution in [0.2, 0.25) is 0 Å². The van der Waals surface area contributed by atoms with Crippen LogP contribution in [0.4, 0.5) is 0 Å². The van der Waals surface area contributed by atoms with Crippen molar-refractivity contribution < 1.29 is 14.2 Å². The van der Waals surface area contributed by atoms with E-state index >= 15 is 0 Å². The quantitative estimate of drug-likeness (QED) is 0.811. The van der Waals surface area contributed by atoms with Crippen LogP contribution < -0.4 is 19.5 Å². The summed E-state index contributed by atoms with van der Waals surface area (Å²) in [6, 6.07) is 4.22. The van der Waals surface area contributed by atoms with Gasteiger partial charge in [-0.25, -0.2) is 0 Å². The second-order valence-corrected chi connectivity index (χ2v) is 4.23. The molecule has 0 spiro atoms. The summed E-state index contributed by atoms with van der Waals surface area (Å²) in [7, 11) is 1.64. The summed E-state index contributed by atoms with van der Waals surface area (Å²) >= 11 is 0. The van der Waals surface area contributed by atoms with Gasteiger partial charge in [-0.3, -0.25) is 0 Å². The van der Waals surface area contributed by atoms with Crippen LogP contribution in [-0.4, -0.2) is 26.4 Å². The van der Waals surface area contributed by atoms with Crippen LogP contribution in [0.3, 0.4) is 0 Å². The topological polar surface area (TPSA) is 39.7 Å². The molecule has 1 atom stereocenters. The number of rotatable bonds is 5. The molecular weight excluding hydrogens is 230 g/mol. The predicted molar refractivity (Wildman–Crippen MR) is 70.5 cm³/mol. The van der Waals surface area contributed by atoms with Crippen molar-refractivity contribution in [2.24, 2.45) is 0 Å². The largest absolute Gasteiger partial charge is 0.493 e. The van der Waals surface area contributed by atoms with Gasteiger partial charge < -0.3 is 19.5 Å². The number of hydrogen-bond acceptors (Lipinski definition) is 4. The first-order valence-corrected chi connectivity index (χ1v) is 6.07. The number of methoxy groups -OCH3 is 1. The van der Waals surface area contributed by atoms with Crippen LogP contribution in [0, 0.1) is 0 Å². The molecular formula is C14H19NO3. The summed E-state index contributed by atoms with van der Waals surface area (Å²) in [5, 5.41) is 3.34. The molecule has 1 aliphatic rings. The molecule has 0 amide bonds. The van der Waals surface area contributed by atoms with Crippen molar-refractivity contribution in [2.75, 3.05) is 20.3 Å². The highest BCUT2D eigenvalue weighted by Gasteiger charge is 2.18. The van der Waals surface area contributed by atoms with Crippen LogP contribution >= 0.6 is 0 Å². The standard InChI is InChI=1S/C14H19NO3/c1-4-10(2)15-9-11-7-12(16-3)14-13(8-11)17-5-6-18-14/h4,7-8,10,15H,1,5-6,9H2,2-3H3. The molecule has 1 aromatic carbocycles. The average molecular weight is 249 g/mol. The molecule has 4 nitrogen and oxygen atoms in total. The number of benzene rings is 1. The molecule has 0 fully saturated rings. The Morgan fingerprint density at radius 3 is 2.94 bits per heavy atom. The normalized spacial score (nSPS) is 15.0. The average Bonchev–Trinajstić information content (AvgIpc) is 2.43. The maximum absolute atomic E-state index is 5.59. The molecule has 4 heteroatoms. The molecule has 1 unspecified atom stereocenters. The van der Waals surface area contributed by atoms with E-state index in [4.69, 9.17) is 14.2 Å². The number of ether oxygens (including phenoxy) is 3. The van der Waals surface area contributed by atoms with Crippen molar-refractivity contribution in [3.8, 4) is 17.2 Å². The van der Waals surface area contributed by atoms with Gasteiger partial charge in [-0.15, -0.1) is 6.58 Å². The van der Waals surface area contributed by atoms with Crippen molar-refractivity contribution in [2.45, 2.75) is 19.5 Å². The van der Waals surface area contributed by atoms with Gasteiger partial charge in [0.1, 0.15) is 13.2 Å². The molecule has 0 aromatic heterocycles. The first-order chi connectivity index (χ1) is 8.74.